The van der Waals surface area contributed by atoms with E-state index in [2.05, 4.69) is 10.2 Å². The number of benzene rings is 2. The van der Waals surface area contributed by atoms with E-state index in [1.165, 1.54) is 18.2 Å². The number of carbonyl (C=O) groups excluding carboxylic acids is 3. The van der Waals surface area contributed by atoms with Gasteiger partial charge in [0.2, 0.25) is 0 Å². The summed E-state index contributed by atoms with van der Waals surface area (Å²) in [6.07, 6.45) is 1.53. The predicted octanol–water partition coefficient (Wildman–Crippen LogP) is 3.85. The summed E-state index contributed by atoms with van der Waals surface area (Å²) in [7, 11) is 0. The van der Waals surface area contributed by atoms with Crippen LogP contribution in [0.5, 0.6) is 5.75 Å². The molecule has 12 heteroatoms. The second kappa shape index (κ2) is 13.8. The maximum Gasteiger partial charge on any atom is 0.409 e. The minimum atomic E-state index is -0.657. The van der Waals surface area contributed by atoms with Crippen molar-refractivity contribution in [2.75, 3.05) is 56.2 Å². The molecule has 3 rings (SSSR count). The molecule has 2 amide bonds. The number of nitrogens with zero attached hydrogens (tertiary/aromatic N) is 3. The van der Waals surface area contributed by atoms with Crippen molar-refractivity contribution in [1.82, 2.24) is 4.90 Å². The molecule has 1 aliphatic rings. The zero-order valence-corrected chi connectivity index (χ0v) is 21.5. The number of rotatable bonds is 11. The van der Waals surface area contributed by atoms with Crippen molar-refractivity contribution < 1.29 is 33.5 Å². The Morgan fingerprint density at radius 3 is 2.34 bits per heavy atom. The number of hydrogen-bond donors (Lipinski definition) is 1. The highest BCUT2D eigenvalue weighted by Gasteiger charge is 2.23. The highest BCUT2D eigenvalue weighted by molar-refractivity contribution is 6.04. The van der Waals surface area contributed by atoms with Crippen LogP contribution in [0.25, 0.3) is 0 Å². The summed E-state index contributed by atoms with van der Waals surface area (Å²) in [6.45, 7) is 6.19. The van der Waals surface area contributed by atoms with E-state index in [0.717, 1.165) is 18.5 Å². The lowest BCUT2D eigenvalue weighted by Crippen LogP contribution is -2.49. The number of hydrogen-bond acceptors (Lipinski definition) is 9. The van der Waals surface area contributed by atoms with Crippen molar-refractivity contribution in [1.29, 1.82) is 0 Å². The molecule has 0 saturated carbocycles. The van der Waals surface area contributed by atoms with Gasteiger partial charge in [-0.15, -0.1) is 0 Å². The zero-order valence-electron chi connectivity index (χ0n) is 21.5. The summed E-state index contributed by atoms with van der Waals surface area (Å²) in [4.78, 5) is 51.0. The minimum absolute atomic E-state index is 0.111. The van der Waals surface area contributed by atoms with Crippen LogP contribution >= 0.6 is 0 Å². The SMILES string of the molecule is CCCCOC(=O)N1CCN(c2ccc(C(=O)Nc3ccc(OCC(=O)OCC)c([N+](=O)[O-])c3)cc2)CC1. The van der Waals surface area contributed by atoms with E-state index in [0.29, 0.717) is 38.3 Å². The number of carbonyl (C=O) groups is 3. The van der Waals surface area contributed by atoms with Gasteiger partial charge in [0, 0.05) is 49.2 Å². The van der Waals surface area contributed by atoms with Crippen molar-refractivity contribution in [3.05, 3.63) is 58.1 Å². The fourth-order valence-corrected chi connectivity index (χ4v) is 3.77. The average Bonchev–Trinajstić information content (AvgIpc) is 2.92. The number of esters is 1. The Balaban J connectivity index is 1.56. The van der Waals surface area contributed by atoms with Crippen LogP contribution in [0.2, 0.25) is 0 Å². The van der Waals surface area contributed by atoms with Gasteiger partial charge in [0.1, 0.15) is 0 Å². The van der Waals surface area contributed by atoms with Crippen LogP contribution in [0.4, 0.5) is 21.9 Å². The quantitative estimate of drug-likeness (QED) is 0.199. The number of amides is 2. The Kier molecular flexibility index (Phi) is 10.3. The van der Waals surface area contributed by atoms with E-state index >= 15 is 0 Å². The maximum atomic E-state index is 12.7. The molecule has 0 aliphatic carbocycles. The molecule has 0 spiro atoms. The Hall–Kier alpha value is -4.35. The molecule has 2 aromatic rings. The van der Waals surface area contributed by atoms with Gasteiger partial charge in [-0.25, -0.2) is 9.59 Å². The largest absolute Gasteiger partial charge is 0.475 e. The number of nitro benzene ring substituents is 1. The molecule has 0 atom stereocenters. The molecule has 12 nitrogen and oxygen atoms in total. The Morgan fingerprint density at radius 2 is 1.71 bits per heavy atom. The number of nitrogens with one attached hydrogen (secondary N) is 1. The van der Waals surface area contributed by atoms with Crippen LogP contribution in [0.1, 0.15) is 37.0 Å². The summed E-state index contributed by atoms with van der Waals surface area (Å²) >= 11 is 0. The van der Waals surface area contributed by atoms with Crippen LogP contribution in [0.15, 0.2) is 42.5 Å². The van der Waals surface area contributed by atoms with Crippen LogP contribution in [-0.2, 0) is 14.3 Å². The number of piperazine rings is 1. The lowest BCUT2D eigenvalue weighted by Gasteiger charge is -2.35. The van der Waals surface area contributed by atoms with E-state index < -0.39 is 29.1 Å². The molecule has 1 saturated heterocycles. The second-order valence-corrected chi connectivity index (χ2v) is 8.48. The Labute approximate surface area is 220 Å². The third-order valence-electron chi connectivity index (χ3n) is 5.82. The summed E-state index contributed by atoms with van der Waals surface area (Å²) in [6, 6.07) is 10.9. The van der Waals surface area contributed by atoms with Crippen molar-refractivity contribution in [2.45, 2.75) is 26.7 Å². The summed E-state index contributed by atoms with van der Waals surface area (Å²) < 4.78 is 15.2. The third kappa shape index (κ3) is 7.82. The molecule has 0 bridgehead atoms. The first-order valence-electron chi connectivity index (χ1n) is 12.5. The Morgan fingerprint density at radius 1 is 1.00 bits per heavy atom. The van der Waals surface area contributed by atoms with Crippen LogP contribution < -0.4 is 15.0 Å². The normalized spacial score (nSPS) is 13.0. The maximum absolute atomic E-state index is 12.7. The molecule has 204 valence electrons. The van der Waals surface area contributed by atoms with Gasteiger partial charge in [-0.05, 0) is 49.7 Å². The van der Waals surface area contributed by atoms with Crippen molar-refractivity contribution in [3.8, 4) is 5.75 Å². The lowest BCUT2D eigenvalue weighted by molar-refractivity contribution is -0.385. The number of unbranched alkanes of at least 4 members (excludes halogenated alkanes) is 1. The van der Waals surface area contributed by atoms with E-state index in [-0.39, 0.29) is 24.1 Å². The first-order valence-corrected chi connectivity index (χ1v) is 12.5. The molecule has 2 aromatic carbocycles. The molecule has 1 fully saturated rings. The molecule has 0 unspecified atom stereocenters. The summed E-state index contributed by atoms with van der Waals surface area (Å²) in [5, 5.41) is 14.1. The zero-order chi connectivity index (χ0) is 27.5. The van der Waals surface area contributed by atoms with Gasteiger partial charge in [0.25, 0.3) is 5.91 Å². The highest BCUT2D eigenvalue weighted by Crippen LogP contribution is 2.30. The van der Waals surface area contributed by atoms with Gasteiger partial charge in [0.15, 0.2) is 12.4 Å². The first kappa shape index (κ1) is 28.2. The summed E-state index contributed by atoms with van der Waals surface area (Å²) in [5.41, 5.74) is 1.10. The summed E-state index contributed by atoms with van der Waals surface area (Å²) in [5.74, 6) is -1.19. The van der Waals surface area contributed by atoms with Crippen molar-refractivity contribution in [2.24, 2.45) is 0 Å². The van der Waals surface area contributed by atoms with E-state index in [4.69, 9.17) is 14.2 Å². The van der Waals surface area contributed by atoms with Crippen LogP contribution in [0.3, 0.4) is 0 Å². The topological polar surface area (TPSA) is 141 Å². The lowest BCUT2D eigenvalue weighted by atomic mass is 10.1. The van der Waals surface area contributed by atoms with E-state index in [1.807, 2.05) is 19.1 Å². The molecular formula is C26H32N4O8. The van der Waals surface area contributed by atoms with Gasteiger partial charge in [-0.2, -0.15) is 0 Å². The Bertz CT molecular complexity index is 1130. The van der Waals surface area contributed by atoms with Gasteiger partial charge in [0.05, 0.1) is 18.1 Å². The second-order valence-electron chi connectivity index (χ2n) is 8.48. The first-order chi connectivity index (χ1) is 18.3. The highest BCUT2D eigenvalue weighted by atomic mass is 16.6. The standard InChI is InChI=1S/C26H32N4O8/c1-3-5-16-37-26(33)29-14-12-28(13-15-29)21-9-6-19(7-10-21)25(32)27-20-8-11-23(22(17-20)30(34)35)38-18-24(31)36-4-2/h6-11,17H,3-5,12-16,18H2,1-2H3,(H,27,32). The van der Waals surface area contributed by atoms with Gasteiger partial charge in [-0.1, -0.05) is 13.3 Å². The van der Waals surface area contributed by atoms with Gasteiger partial charge < -0.3 is 29.3 Å². The van der Waals surface area contributed by atoms with Gasteiger partial charge >= 0.3 is 17.7 Å². The van der Waals surface area contributed by atoms with Crippen LogP contribution in [-0.4, -0.2) is 73.8 Å². The fourth-order valence-electron chi connectivity index (χ4n) is 3.77. The number of nitro groups is 1. The fraction of sp³-hybridized carbons (Fsp3) is 0.423. The average molecular weight is 529 g/mol. The smallest absolute Gasteiger partial charge is 0.409 e. The third-order valence-corrected chi connectivity index (χ3v) is 5.82. The molecule has 0 aromatic heterocycles. The van der Waals surface area contributed by atoms with Crippen LogP contribution in [0, 0.1) is 10.1 Å². The van der Waals surface area contributed by atoms with E-state index in [9.17, 15) is 24.5 Å². The van der Waals surface area contributed by atoms with Crippen molar-refractivity contribution in [3.63, 3.8) is 0 Å². The van der Waals surface area contributed by atoms with Gasteiger partial charge in [-0.3, -0.25) is 14.9 Å². The minimum Gasteiger partial charge on any atom is -0.475 e. The molecule has 0 radical (unpaired) electrons. The molecule has 1 aliphatic heterocycles. The molecular weight excluding hydrogens is 496 g/mol. The predicted molar refractivity (Wildman–Crippen MR) is 140 cm³/mol. The molecule has 38 heavy (non-hydrogen) atoms. The monoisotopic (exact) mass is 528 g/mol. The van der Waals surface area contributed by atoms with E-state index in [1.54, 1.807) is 24.0 Å². The number of anilines is 2. The molecule has 1 N–H and O–H groups in total. The molecule has 1 heterocycles. The number of ether oxygens (including phenoxy) is 3. The van der Waals surface area contributed by atoms with Crippen molar-refractivity contribution >= 4 is 35.0 Å².